The molecule has 1 aliphatic rings. The fourth-order valence-electron chi connectivity index (χ4n) is 4.91. The van der Waals surface area contributed by atoms with Gasteiger partial charge in [-0.05, 0) is 65.3 Å². The van der Waals surface area contributed by atoms with Gasteiger partial charge in [0.25, 0.3) is 0 Å². The molecule has 3 heterocycles. The summed E-state index contributed by atoms with van der Waals surface area (Å²) in [6, 6.07) is 12.2. The highest BCUT2D eigenvalue weighted by Gasteiger charge is 2.33. The standard InChI is InChI=1S/C28H30N4O4/c1-15(2)35-26-23-24-22(25(33)27(26)36-16(3)4)20(13-14-31(24)28(34)30-29-23)19-9-7-8-10-21(19)32-17(5)11-12-18(32)6/h7-16,20,33H,1-6H3. The van der Waals surface area contributed by atoms with Gasteiger partial charge in [0.15, 0.2) is 17.0 Å². The fraction of sp³-hybridized carbons (Fsp3) is 0.321. The van der Waals surface area contributed by atoms with Crippen LogP contribution in [-0.4, -0.2) is 36.6 Å². The third-order valence-corrected chi connectivity index (χ3v) is 6.28. The van der Waals surface area contributed by atoms with Crippen LogP contribution in [0.2, 0.25) is 0 Å². The van der Waals surface area contributed by atoms with E-state index in [1.54, 1.807) is 6.20 Å². The molecular formula is C28H30N4O4. The molecule has 1 unspecified atom stereocenters. The summed E-state index contributed by atoms with van der Waals surface area (Å²) in [5.41, 5.74) is 4.98. The molecule has 1 N–H and O–H groups in total. The molecule has 186 valence electrons. The van der Waals surface area contributed by atoms with Crippen LogP contribution in [0.1, 0.15) is 56.1 Å². The number of ether oxygens (including phenoxy) is 2. The Balaban J connectivity index is 1.86. The zero-order chi connectivity index (χ0) is 25.7. The number of para-hydroxylation sites is 1. The van der Waals surface area contributed by atoms with Gasteiger partial charge in [-0.15, -0.1) is 5.10 Å². The lowest BCUT2D eigenvalue weighted by atomic mass is 9.86. The molecule has 0 aliphatic carbocycles. The predicted molar refractivity (Wildman–Crippen MR) is 139 cm³/mol. The maximum atomic E-state index is 12.7. The van der Waals surface area contributed by atoms with Gasteiger partial charge < -0.3 is 19.1 Å². The number of phenolic OH excluding ortho intramolecular Hbond substituents is 1. The number of allylic oxidation sites excluding steroid dienone is 1. The summed E-state index contributed by atoms with van der Waals surface area (Å²) < 4.78 is 15.8. The Morgan fingerprint density at radius 3 is 2.22 bits per heavy atom. The summed E-state index contributed by atoms with van der Waals surface area (Å²) in [5.74, 6) is 0.0247. The van der Waals surface area contributed by atoms with Crippen LogP contribution in [0.15, 0.2) is 47.3 Å². The van der Waals surface area contributed by atoms with Crippen molar-refractivity contribution in [3.63, 3.8) is 0 Å². The molecule has 5 rings (SSSR count). The van der Waals surface area contributed by atoms with Gasteiger partial charge in [0.2, 0.25) is 5.75 Å². The topological polar surface area (TPSA) is 91.4 Å². The Morgan fingerprint density at radius 1 is 0.917 bits per heavy atom. The smallest absolute Gasteiger partial charge is 0.370 e. The largest absolute Gasteiger partial charge is 0.504 e. The van der Waals surface area contributed by atoms with Crippen molar-refractivity contribution in [3.8, 4) is 22.9 Å². The zero-order valence-corrected chi connectivity index (χ0v) is 21.3. The van der Waals surface area contributed by atoms with Crippen LogP contribution in [-0.2, 0) is 0 Å². The van der Waals surface area contributed by atoms with Crippen molar-refractivity contribution in [2.75, 3.05) is 0 Å². The van der Waals surface area contributed by atoms with Gasteiger partial charge in [-0.2, -0.15) is 0 Å². The summed E-state index contributed by atoms with van der Waals surface area (Å²) in [5, 5.41) is 19.8. The summed E-state index contributed by atoms with van der Waals surface area (Å²) in [6.07, 6.45) is 3.15. The molecule has 4 aromatic rings. The molecule has 2 aromatic carbocycles. The van der Waals surface area contributed by atoms with Gasteiger partial charge in [-0.25, -0.2) is 4.79 Å². The maximum absolute atomic E-state index is 12.7. The van der Waals surface area contributed by atoms with Gasteiger partial charge in [-0.1, -0.05) is 29.4 Å². The van der Waals surface area contributed by atoms with Crippen LogP contribution in [0.4, 0.5) is 0 Å². The van der Waals surface area contributed by atoms with Crippen LogP contribution in [0.5, 0.6) is 17.2 Å². The van der Waals surface area contributed by atoms with Crippen LogP contribution >= 0.6 is 0 Å². The van der Waals surface area contributed by atoms with E-state index in [4.69, 9.17) is 9.47 Å². The van der Waals surface area contributed by atoms with Gasteiger partial charge in [0, 0.05) is 34.8 Å². The first-order valence-electron chi connectivity index (χ1n) is 12.1. The number of hydrogen-bond donors (Lipinski definition) is 1. The highest BCUT2D eigenvalue weighted by molar-refractivity contribution is 5.94. The van der Waals surface area contributed by atoms with Crippen LogP contribution in [0.25, 0.3) is 22.9 Å². The van der Waals surface area contributed by atoms with E-state index in [2.05, 4.69) is 46.8 Å². The summed E-state index contributed by atoms with van der Waals surface area (Å²) in [4.78, 5) is 12.7. The molecule has 1 atom stereocenters. The van der Waals surface area contributed by atoms with Crippen molar-refractivity contribution >= 4 is 17.2 Å². The van der Waals surface area contributed by atoms with E-state index in [0.29, 0.717) is 16.6 Å². The van der Waals surface area contributed by atoms with Crippen molar-refractivity contribution in [2.45, 2.75) is 59.7 Å². The monoisotopic (exact) mass is 486 g/mol. The Hall–Kier alpha value is -4.07. The number of aromatic hydroxyl groups is 1. The molecule has 0 fully saturated rings. The van der Waals surface area contributed by atoms with Gasteiger partial charge in [0.05, 0.1) is 17.7 Å². The van der Waals surface area contributed by atoms with Crippen molar-refractivity contribution in [1.82, 2.24) is 19.3 Å². The number of nitrogens with zero attached hydrogens (tertiary/aromatic N) is 4. The van der Waals surface area contributed by atoms with Gasteiger partial charge in [0.1, 0.15) is 0 Å². The molecule has 8 nitrogen and oxygen atoms in total. The quantitative estimate of drug-likeness (QED) is 0.408. The van der Waals surface area contributed by atoms with E-state index in [1.165, 1.54) is 4.57 Å². The maximum Gasteiger partial charge on any atom is 0.370 e. The van der Waals surface area contributed by atoms with Crippen LogP contribution < -0.4 is 15.2 Å². The van der Waals surface area contributed by atoms with E-state index in [-0.39, 0.29) is 35.4 Å². The lowest BCUT2D eigenvalue weighted by Gasteiger charge is -2.28. The summed E-state index contributed by atoms with van der Waals surface area (Å²) in [7, 11) is 0. The third-order valence-electron chi connectivity index (χ3n) is 6.28. The van der Waals surface area contributed by atoms with E-state index in [9.17, 15) is 9.90 Å². The van der Waals surface area contributed by atoms with E-state index < -0.39 is 5.69 Å². The average molecular weight is 487 g/mol. The highest BCUT2D eigenvalue weighted by atomic mass is 16.5. The zero-order valence-electron chi connectivity index (χ0n) is 21.3. The minimum absolute atomic E-state index is 0.0712. The van der Waals surface area contributed by atoms with E-state index >= 15 is 0 Å². The number of phenols is 1. The second-order valence-electron chi connectivity index (χ2n) is 9.63. The second kappa shape index (κ2) is 8.86. The molecule has 0 saturated heterocycles. The Bertz CT molecular complexity index is 1540. The SMILES string of the molecule is Cc1ccc(C)n1-c1ccccc1C1C=Cn2c(=O)nnc3c(OC(C)C)c(OC(C)C)c(O)c1c32. The van der Waals surface area contributed by atoms with E-state index in [1.807, 2.05) is 52.0 Å². The third kappa shape index (κ3) is 3.73. The molecule has 0 spiro atoms. The summed E-state index contributed by atoms with van der Waals surface area (Å²) >= 11 is 0. The molecular weight excluding hydrogens is 456 g/mol. The minimum atomic E-state index is -0.531. The number of aromatic nitrogens is 4. The van der Waals surface area contributed by atoms with E-state index in [0.717, 1.165) is 22.6 Å². The first-order valence-corrected chi connectivity index (χ1v) is 12.1. The van der Waals surface area contributed by atoms with Crippen molar-refractivity contribution in [1.29, 1.82) is 0 Å². The lowest BCUT2D eigenvalue weighted by Crippen LogP contribution is -2.25. The summed E-state index contributed by atoms with van der Waals surface area (Å²) in [6.45, 7) is 11.6. The molecule has 1 aliphatic heterocycles. The highest BCUT2D eigenvalue weighted by Crippen LogP contribution is 2.51. The number of aryl methyl sites for hydroxylation is 2. The number of benzene rings is 2. The molecule has 0 saturated carbocycles. The normalized spacial score (nSPS) is 14.7. The Kier molecular flexibility index (Phi) is 5.82. The van der Waals surface area contributed by atoms with Crippen molar-refractivity contribution in [3.05, 3.63) is 75.5 Å². The lowest BCUT2D eigenvalue weighted by molar-refractivity contribution is 0.193. The first-order chi connectivity index (χ1) is 17.2. The minimum Gasteiger partial charge on any atom is -0.504 e. The van der Waals surface area contributed by atoms with Crippen LogP contribution in [0.3, 0.4) is 0 Å². The van der Waals surface area contributed by atoms with Gasteiger partial charge >= 0.3 is 5.69 Å². The molecule has 0 bridgehead atoms. The fourth-order valence-corrected chi connectivity index (χ4v) is 4.91. The first kappa shape index (κ1) is 23.7. The predicted octanol–water partition coefficient (Wildman–Crippen LogP) is 5.10. The molecule has 0 radical (unpaired) electrons. The Morgan fingerprint density at radius 2 is 1.56 bits per heavy atom. The number of rotatable bonds is 6. The van der Waals surface area contributed by atoms with Crippen LogP contribution in [0, 0.1) is 13.8 Å². The van der Waals surface area contributed by atoms with Gasteiger partial charge in [-0.3, -0.25) is 4.57 Å². The Labute approximate surface area is 209 Å². The second-order valence-corrected chi connectivity index (χ2v) is 9.63. The molecule has 8 heteroatoms. The molecule has 36 heavy (non-hydrogen) atoms. The number of hydrogen-bond acceptors (Lipinski definition) is 6. The van der Waals surface area contributed by atoms with Crippen molar-refractivity contribution < 1.29 is 14.6 Å². The molecule has 2 aromatic heterocycles. The molecule has 0 amide bonds. The average Bonchev–Trinajstić information content (AvgIpc) is 3.17. The van der Waals surface area contributed by atoms with Crippen molar-refractivity contribution in [2.24, 2.45) is 0 Å².